The molecule has 0 amide bonds. The summed E-state index contributed by atoms with van der Waals surface area (Å²) in [6.07, 6.45) is 3.54. The lowest BCUT2D eigenvalue weighted by molar-refractivity contribution is 0.425. The van der Waals surface area contributed by atoms with Gasteiger partial charge in [-0.3, -0.25) is 0 Å². The second-order valence-electron chi connectivity index (χ2n) is 3.43. The highest BCUT2D eigenvalue weighted by molar-refractivity contribution is 6.59. The number of hydrogen-bond acceptors (Lipinski definition) is 3. The molecule has 2 aromatic heterocycles. The highest BCUT2D eigenvalue weighted by Gasteiger charge is 2.15. The summed E-state index contributed by atoms with van der Waals surface area (Å²) < 4.78 is 1.79. The molecule has 0 bridgehead atoms. The molecule has 0 spiro atoms. The van der Waals surface area contributed by atoms with Gasteiger partial charge >= 0.3 is 7.12 Å². The molecule has 4 nitrogen and oxygen atoms in total. The lowest BCUT2D eigenvalue weighted by atomic mass is 9.78. The molecule has 5 heteroatoms. The van der Waals surface area contributed by atoms with Crippen molar-refractivity contribution in [2.75, 3.05) is 0 Å². The maximum atomic E-state index is 9.09. The predicted octanol–water partition coefficient (Wildman–Crippen LogP) is -0.369. The van der Waals surface area contributed by atoms with Crippen LogP contribution < -0.4 is 5.46 Å². The molecular weight excluding hydrogens is 179 g/mol. The Bertz CT molecular complexity index is 479. The minimum atomic E-state index is -1.43. The fraction of sp³-hybridized carbons (Fsp3) is 0.222. The van der Waals surface area contributed by atoms with Gasteiger partial charge in [-0.15, -0.1) is 0 Å². The number of aryl methyl sites for hydroxylation is 2. The van der Waals surface area contributed by atoms with E-state index in [9.17, 15) is 0 Å². The molecule has 0 aliphatic rings. The minimum absolute atomic E-state index is 0.509. The first-order chi connectivity index (χ1) is 6.58. The smallest absolute Gasteiger partial charge is 0.423 e. The molecule has 0 radical (unpaired) electrons. The Morgan fingerprint density at radius 2 is 2.00 bits per heavy atom. The van der Waals surface area contributed by atoms with E-state index < -0.39 is 7.12 Å². The van der Waals surface area contributed by atoms with Crippen LogP contribution in [0.5, 0.6) is 0 Å². The van der Waals surface area contributed by atoms with E-state index in [2.05, 4.69) is 4.98 Å². The van der Waals surface area contributed by atoms with E-state index in [1.165, 1.54) is 0 Å². The van der Waals surface area contributed by atoms with Gasteiger partial charge in [-0.1, -0.05) is 0 Å². The second-order valence-corrected chi connectivity index (χ2v) is 3.43. The SMILES string of the molecule is Cc1cn2cc(B(O)O)c(C)cc2n1. The van der Waals surface area contributed by atoms with Gasteiger partial charge < -0.3 is 14.4 Å². The van der Waals surface area contributed by atoms with Gasteiger partial charge in [0.2, 0.25) is 0 Å². The van der Waals surface area contributed by atoms with Gasteiger partial charge in [-0.25, -0.2) is 4.98 Å². The molecule has 2 aromatic rings. The fourth-order valence-electron chi connectivity index (χ4n) is 1.54. The average molecular weight is 190 g/mol. The Hall–Kier alpha value is -1.33. The summed E-state index contributed by atoms with van der Waals surface area (Å²) in [5.74, 6) is 0. The Morgan fingerprint density at radius 1 is 1.29 bits per heavy atom. The zero-order valence-electron chi connectivity index (χ0n) is 8.10. The van der Waals surface area contributed by atoms with Crippen molar-refractivity contribution in [1.29, 1.82) is 0 Å². The molecule has 0 aliphatic heterocycles. The third-order valence-corrected chi connectivity index (χ3v) is 2.24. The van der Waals surface area contributed by atoms with Gasteiger partial charge in [0.15, 0.2) is 0 Å². The molecule has 0 fully saturated rings. The van der Waals surface area contributed by atoms with Crippen LogP contribution in [0.4, 0.5) is 0 Å². The molecule has 2 rings (SSSR count). The third-order valence-electron chi connectivity index (χ3n) is 2.24. The largest absolute Gasteiger partial charge is 0.490 e. The summed E-state index contributed by atoms with van der Waals surface area (Å²) in [6.45, 7) is 3.73. The normalized spacial score (nSPS) is 10.9. The van der Waals surface area contributed by atoms with E-state index in [4.69, 9.17) is 10.0 Å². The topological polar surface area (TPSA) is 57.8 Å². The van der Waals surface area contributed by atoms with E-state index in [1.807, 2.05) is 26.1 Å². The molecule has 0 unspecified atom stereocenters. The summed E-state index contributed by atoms with van der Waals surface area (Å²) in [7, 11) is -1.43. The predicted molar refractivity (Wildman–Crippen MR) is 54.5 cm³/mol. The van der Waals surface area contributed by atoms with Crippen molar-refractivity contribution in [3.8, 4) is 0 Å². The van der Waals surface area contributed by atoms with E-state index in [-0.39, 0.29) is 0 Å². The Labute approximate surface area is 82.0 Å². The zero-order chi connectivity index (χ0) is 10.3. The van der Waals surface area contributed by atoms with Crippen LogP contribution in [0.3, 0.4) is 0 Å². The number of hydrogen-bond donors (Lipinski definition) is 2. The summed E-state index contributed by atoms with van der Waals surface area (Å²) in [5, 5.41) is 18.2. The van der Waals surface area contributed by atoms with Gasteiger partial charge in [-0.2, -0.15) is 0 Å². The standard InChI is InChI=1S/C9H11BN2O2/c1-6-3-9-11-7(2)4-12(9)5-8(6)10(13)14/h3-5,13-14H,1-2H3. The number of imidazole rings is 1. The van der Waals surface area contributed by atoms with Crippen LogP contribution in [-0.4, -0.2) is 26.6 Å². The minimum Gasteiger partial charge on any atom is -0.423 e. The van der Waals surface area contributed by atoms with E-state index in [0.717, 1.165) is 16.9 Å². The number of nitrogens with zero attached hydrogens (tertiary/aromatic N) is 2. The van der Waals surface area contributed by atoms with Crippen LogP contribution in [0, 0.1) is 13.8 Å². The van der Waals surface area contributed by atoms with Crippen LogP contribution in [-0.2, 0) is 0 Å². The van der Waals surface area contributed by atoms with Crippen LogP contribution in [0.25, 0.3) is 5.65 Å². The summed E-state index contributed by atoms with van der Waals surface area (Å²) in [5.41, 5.74) is 3.08. The highest BCUT2D eigenvalue weighted by Crippen LogP contribution is 2.05. The second kappa shape index (κ2) is 3.11. The zero-order valence-corrected chi connectivity index (χ0v) is 8.10. The molecule has 0 saturated heterocycles. The molecule has 0 aliphatic carbocycles. The first-order valence-electron chi connectivity index (χ1n) is 4.40. The van der Waals surface area contributed by atoms with Crippen LogP contribution in [0.2, 0.25) is 0 Å². The van der Waals surface area contributed by atoms with Crippen molar-refractivity contribution < 1.29 is 10.0 Å². The van der Waals surface area contributed by atoms with Crippen molar-refractivity contribution in [2.24, 2.45) is 0 Å². The molecule has 2 N–H and O–H groups in total. The quantitative estimate of drug-likeness (QED) is 0.603. The van der Waals surface area contributed by atoms with Crippen LogP contribution in [0.1, 0.15) is 11.3 Å². The number of rotatable bonds is 1. The Balaban J connectivity index is 2.70. The van der Waals surface area contributed by atoms with Crippen molar-refractivity contribution in [3.63, 3.8) is 0 Å². The molecule has 14 heavy (non-hydrogen) atoms. The van der Waals surface area contributed by atoms with E-state index in [1.54, 1.807) is 10.6 Å². The summed E-state index contributed by atoms with van der Waals surface area (Å²) in [6, 6.07) is 1.84. The molecule has 0 aromatic carbocycles. The Morgan fingerprint density at radius 3 is 2.64 bits per heavy atom. The van der Waals surface area contributed by atoms with Gasteiger partial charge in [-0.05, 0) is 25.5 Å². The maximum absolute atomic E-state index is 9.09. The van der Waals surface area contributed by atoms with Gasteiger partial charge in [0.05, 0.1) is 5.69 Å². The molecular formula is C9H11BN2O2. The van der Waals surface area contributed by atoms with Crippen molar-refractivity contribution in [3.05, 3.63) is 29.7 Å². The monoisotopic (exact) mass is 190 g/mol. The lowest BCUT2D eigenvalue weighted by Crippen LogP contribution is -2.32. The average Bonchev–Trinajstić information content (AvgIpc) is 2.42. The van der Waals surface area contributed by atoms with Crippen molar-refractivity contribution >= 4 is 18.2 Å². The van der Waals surface area contributed by atoms with Gasteiger partial charge in [0, 0.05) is 17.9 Å². The lowest BCUT2D eigenvalue weighted by Gasteiger charge is -2.04. The number of fused-ring (bicyclic) bond motifs is 1. The summed E-state index contributed by atoms with van der Waals surface area (Å²) >= 11 is 0. The molecule has 72 valence electrons. The first-order valence-corrected chi connectivity index (χ1v) is 4.40. The van der Waals surface area contributed by atoms with E-state index >= 15 is 0 Å². The highest BCUT2D eigenvalue weighted by atomic mass is 16.4. The molecule has 2 heterocycles. The van der Waals surface area contributed by atoms with Crippen molar-refractivity contribution in [1.82, 2.24) is 9.38 Å². The third kappa shape index (κ3) is 1.40. The number of pyridine rings is 1. The van der Waals surface area contributed by atoms with Crippen LogP contribution in [0.15, 0.2) is 18.5 Å². The summed E-state index contributed by atoms with van der Waals surface area (Å²) in [4.78, 5) is 4.27. The Kier molecular flexibility index (Phi) is 2.05. The van der Waals surface area contributed by atoms with Gasteiger partial charge in [0.25, 0.3) is 0 Å². The maximum Gasteiger partial charge on any atom is 0.490 e. The molecule has 0 saturated carbocycles. The first kappa shape index (κ1) is 9.24. The molecule has 0 atom stereocenters. The van der Waals surface area contributed by atoms with Crippen molar-refractivity contribution in [2.45, 2.75) is 13.8 Å². The van der Waals surface area contributed by atoms with Crippen LogP contribution >= 0.6 is 0 Å². The fourth-order valence-corrected chi connectivity index (χ4v) is 1.54. The van der Waals surface area contributed by atoms with Gasteiger partial charge in [0.1, 0.15) is 5.65 Å². The van der Waals surface area contributed by atoms with E-state index in [0.29, 0.717) is 5.46 Å². The number of aromatic nitrogens is 2.